The van der Waals surface area contributed by atoms with Gasteiger partial charge >= 0.3 is 5.82 Å². The largest absolute Gasteiger partial charge is 0.505 e. The van der Waals surface area contributed by atoms with Crippen LogP contribution in [-0.4, -0.2) is 35.2 Å². The lowest BCUT2D eigenvalue weighted by Crippen LogP contribution is -2.29. The maximum Gasteiger partial charge on any atom is 0.367 e. The summed E-state index contributed by atoms with van der Waals surface area (Å²) in [5, 5.41) is 19.3. The average Bonchev–Trinajstić information content (AvgIpc) is 3.34. The van der Waals surface area contributed by atoms with Crippen molar-refractivity contribution in [3.8, 4) is 5.75 Å². The lowest BCUT2D eigenvalue weighted by Gasteiger charge is -2.26. The summed E-state index contributed by atoms with van der Waals surface area (Å²) in [6, 6.07) is 6.34. The third-order valence-corrected chi connectivity index (χ3v) is 5.32. The van der Waals surface area contributed by atoms with Crippen LogP contribution in [0.3, 0.4) is 0 Å². The molecule has 0 bridgehead atoms. The summed E-state index contributed by atoms with van der Waals surface area (Å²) >= 11 is 0. The molecule has 0 aliphatic rings. The number of aromatic amines is 1. The Kier molecular flexibility index (Phi) is 6.57. The van der Waals surface area contributed by atoms with E-state index in [2.05, 4.69) is 29.6 Å². The number of H-pyrrole nitrogens is 1. The predicted molar refractivity (Wildman–Crippen MR) is 124 cm³/mol. The molecule has 10 nitrogen and oxygen atoms in total. The van der Waals surface area contributed by atoms with Gasteiger partial charge in [0.25, 0.3) is 11.7 Å². The Hall–Kier alpha value is -3.69. The third kappa shape index (κ3) is 5.05. The SMILES string of the molecule is CC(C)c1coc([C@H](Nc2c(Nc3cccc(C(=O)N(C)C)c3O)[nH]o[n+]2=O)C(C)(C)C)c1. The molecule has 2 aromatic heterocycles. The number of para-hydroxylation sites is 1. The number of hydrogen-bond acceptors (Lipinski definition) is 7. The van der Waals surface area contributed by atoms with E-state index in [0.717, 1.165) is 5.56 Å². The van der Waals surface area contributed by atoms with Crippen LogP contribution in [0.4, 0.5) is 17.3 Å². The van der Waals surface area contributed by atoms with Crippen molar-refractivity contribution in [3.05, 3.63) is 52.3 Å². The third-order valence-electron chi connectivity index (χ3n) is 5.32. The van der Waals surface area contributed by atoms with Crippen LogP contribution >= 0.6 is 0 Å². The van der Waals surface area contributed by atoms with E-state index in [0.29, 0.717) is 16.3 Å². The van der Waals surface area contributed by atoms with E-state index < -0.39 is 0 Å². The number of nitrogens with zero attached hydrogens (tertiary/aromatic N) is 2. The van der Waals surface area contributed by atoms with Crippen LogP contribution in [-0.2, 0) is 0 Å². The van der Waals surface area contributed by atoms with Crippen LogP contribution in [0.1, 0.15) is 68.3 Å². The number of hydrogen-bond donors (Lipinski definition) is 4. The van der Waals surface area contributed by atoms with Crippen LogP contribution in [0.5, 0.6) is 5.75 Å². The second kappa shape index (κ2) is 9.05. The van der Waals surface area contributed by atoms with Crippen LogP contribution in [0.15, 0.2) is 39.6 Å². The second-order valence-electron chi connectivity index (χ2n) is 9.58. The van der Waals surface area contributed by atoms with E-state index in [1.807, 2.05) is 26.8 Å². The van der Waals surface area contributed by atoms with Crippen molar-refractivity contribution in [3.63, 3.8) is 0 Å². The predicted octanol–water partition coefficient (Wildman–Crippen LogP) is 4.59. The van der Waals surface area contributed by atoms with Crippen molar-refractivity contribution in [2.24, 2.45) is 5.41 Å². The van der Waals surface area contributed by atoms with E-state index in [1.54, 1.807) is 32.5 Å². The molecule has 4 N–H and O–H groups in total. The number of amides is 1. The Bertz CT molecular complexity index is 1180. The standard InChI is InChI=1S/C23H31N5O5/c1-13(2)14-11-17(32-12-14)19(23(3,4)5)25-21-20(26-33-28(21)31)24-16-10-8-9-15(18(16)29)22(30)27(6)7/h8-13,19H,1-7H3,(H3-,24,25,26,29,30,31)/p+1/t19-/m0/s1. The van der Waals surface area contributed by atoms with Crippen molar-refractivity contribution < 1.29 is 23.5 Å². The summed E-state index contributed by atoms with van der Waals surface area (Å²) in [5.74, 6) is 0.637. The minimum atomic E-state index is -0.369. The van der Waals surface area contributed by atoms with Gasteiger partial charge in [0.2, 0.25) is 0 Å². The maximum absolute atomic E-state index is 12.4. The van der Waals surface area contributed by atoms with Crippen LogP contribution in [0.2, 0.25) is 0 Å². The van der Waals surface area contributed by atoms with Gasteiger partial charge in [-0.1, -0.05) is 45.8 Å². The minimum absolute atomic E-state index is 0.0705. The summed E-state index contributed by atoms with van der Waals surface area (Å²) in [7, 11) is 3.19. The number of nitrogens with one attached hydrogen (secondary N) is 3. The summed E-state index contributed by atoms with van der Waals surface area (Å²) < 4.78 is 11.1. The highest BCUT2D eigenvalue weighted by atomic mass is 16.7. The molecular formula is C23H32N5O5+. The fourth-order valence-corrected chi connectivity index (χ4v) is 3.35. The molecule has 10 heteroatoms. The van der Waals surface area contributed by atoms with Crippen molar-refractivity contribution in [1.82, 2.24) is 10.1 Å². The van der Waals surface area contributed by atoms with Crippen LogP contribution in [0.25, 0.3) is 0 Å². The smallest absolute Gasteiger partial charge is 0.367 e. The van der Waals surface area contributed by atoms with Gasteiger partial charge in [0.05, 0.1) is 17.5 Å². The first kappa shape index (κ1) is 24.0. The molecule has 3 aromatic rings. The monoisotopic (exact) mass is 458 g/mol. The van der Waals surface area contributed by atoms with Crippen molar-refractivity contribution in [2.75, 3.05) is 24.7 Å². The minimum Gasteiger partial charge on any atom is -0.505 e. The molecule has 0 aliphatic carbocycles. The van der Waals surface area contributed by atoms with Gasteiger partial charge in [0, 0.05) is 19.5 Å². The quantitative estimate of drug-likeness (QED) is 0.381. The van der Waals surface area contributed by atoms with E-state index in [9.17, 15) is 14.8 Å². The van der Waals surface area contributed by atoms with Crippen LogP contribution < -0.4 is 15.2 Å². The van der Waals surface area contributed by atoms with Gasteiger partial charge in [0.1, 0.15) is 11.8 Å². The zero-order chi connectivity index (χ0) is 24.5. The molecule has 0 saturated heterocycles. The Morgan fingerprint density at radius 3 is 2.52 bits per heavy atom. The molecule has 1 amide bonds. The van der Waals surface area contributed by atoms with Crippen molar-refractivity contribution in [1.29, 1.82) is 0 Å². The molecule has 0 fully saturated rings. The fraction of sp³-hybridized carbons (Fsp3) is 0.435. The number of aromatic nitrogens is 2. The van der Waals surface area contributed by atoms with Gasteiger partial charge in [-0.25, -0.2) is 0 Å². The zero-order valence-corrected chi connectivity index (χ0v) is 20.0. The second-order valence-corrected chi connectivity index (χ2v) is 9.58. The van der Waals surface area contributed by atoms with Crippen molar-refractivity contribution in [2.45, 2.75) is 46.6 Å². The molecule has 1 aromatic carbocycles. The molecule has 33 heavy (non-hydrogen) atoms. The Labute approximate surface area is 192 Å². The number of aromatic hydroxyl groups is 1. The molecular weight excluding hydrogens is 426 g/mol. The number of carbonyl (C=O) groups excluding carboxylic acids is 1. The van der Waals surface area contributed by atoms with Gasteiger partial charge in [-0.05, 0) is 34.6 Å². The molecule has 0 saturated carbocycles. The lowest BCUT2D eigenvalue weighted by atomic mass is 9.85. The number of furan rings is 1. The van der Waals surface area contributed by atoms with E-state index >= 15 is 0 Å². The maximum atomic E-state index is 12.4. The number of phenolic OH excluding ortho intramolecular Hbond substituents is 1. The number of phenols is 1. The van der Waals surface area contributed by atoms with Gasteiger partial charge in [-0.15, -0.1) is 4.63 Å². The first-order valence-corrected chi connectivity index (χ1v) is 10.7. The van der Waals surface area contributed by atoms with Gasteiger partial charge in [-0.3, -0.25) is 10.1 Å². The molecule has 0 aliphatic heterocycles. The molecule has 2 heterocycles. The Morgan fingerprint density at radius 2 is 1.94 bits per heavy atom. The summed E-state index contributed by atoms with van der Waals surface area (Å²) in [6.45, 7) is 10.2. The molecule has 1 atom stereocenters. The zero-order valence-electron chi connectivity index (χ0n) is 20.0. The normalized spacial score (nSPS) is 12.6. The van der Waals surface area contributed by atoms with Crippen LogP contribution in [0, 0.1) is 10.3 Å². The van der Waals surface area contributed by atoms with Gasteiger partial charge < -0.3 is 19.7 Å². The Morgan fingerprint density at radius 1 is 1.24 bits per heavy atom. The number of benzene rings is 1. The summed E-state index contributed by atoms with van der Waals surface area (Å²) in [4.78, 5) is 26.2. The van der Waals surface area contributed by atoms with Crippen molar-refractivity contribution >= 4 is 23.2 Å². The van der Waals surface area contributed by atoms with E-state index in [1.165, 1.54) is 11.0 Å². The summed E-state index contributed by atoms with van der Waals surface area (Å²) in [5.41, 5.74) is 1.09. The van der Waals surface area contributed by atoms with E-state index in [-0.39, 0.29) is 46.0 Å². The highest BCUT2D eigenvalue weighted by Gasteiger charge is 2.36. The van der Waals surface area contributed by atoms with Gasteiger partial charge in [0.15, 0.2) is 10.3 Å². The number of rotatable bonds is 7. The Balaban J connectivity index is 1.96. The topological polar surface area (TPSA) is 130 Å². The summed E-state index contributed by atoms with van der Waals surface area (Å²) in [6.07, 6.45) is 1.72. The highest BCUT2D eigenvalue weighted by molar-refractivity contribution is 5.98. The molecule has 0 spiro atoms. The molecule has 0 unspecified atom stereocenters. The lowest BCUT2D eigenvalue weighted by molar-refractivity contribution is -0.701. The number of carbonyl (C=O) groups is 1. The highest BCUT2D eigenvalue weighted by Crippen LogP contribution is 2.39. The average molecular weight is 459 g/mol. The molecule has 3 rings (SSSR count). The number of anilines is 3. The first-order valence-electron chi connectivity index (χ1n) is 10.7. The molecule has 178 valence electrons. The van der Waals surface area contributed by atoms with E-state index in [4.69, 9.17) is 9.05 Å². The molecule has 0 radical (unpaired) electrons. The first-order chi connectivity index (χ1) is 15.4. The fourth-order valence-electron chi connectivity index (χ4n) is 3.35. The van der Waals surface area contributed by atoms with Gasteiger partial charge in [-0.2, -0.15) is 0 Å².